The normalized spacial score (nSPS) is 11.1. The summed E-state index contributed by atoms with van der Waals surface area (Å²) in [6.45, 7) is 2.47. The summed E-state index contributed by atoms with van der Waals surface area (Å²) in [6.07, 6.45) is 2.52. The number of hydrogen-bond donors (Lipinski definition) is 1. The zero-order valence-corrected chi connectivity index (χ0v) is 8.27. The van der Waals surface area contributed by atoms with Gasteiger partial charge in [0.25, 0.3) is 0 Å². The number of nitrogens with zero attached hydrogens (tertiary/aromatic N) is 4. The average Bonchev–Trinajstić information content (AvgIpc) is 2.50. The summed E-state index contributed by atoms with van der Waals surface area (Å²) in [4.78, 5) is 6.25. The van der Waals surface area contributed by atoms with E-state index in [0.29, 0.717) is 6.54 Å². The summed E-state index contributed by atoms with van der Waals surface area (Å²) in [7, 11) is 4.08. The molecule has 1 rings (SSSR count). The van der Waals surface area contributed by atoms with Crippen LogP contribution in [0.1, 0.15) is 5.82 Å². The van der Waals surface area contributed by atoms with Gasteiger partial charge in [0, 0.05) is 13.0 Å². The molecule has 0 spiro atoms. The van der Waals surface area contributed by atoms with Crippen LogP contribution in [-0.4, -0.2) is 46.8 Å². The molecule has 0 saturated carbocycles. The molecule has 1 aromatic rings. The minimum atomic E-state index is 0.609. The minimum absolute atomic E-state index is 0.609. The number of hydrogen-bond acceptors (Lipinski definition) is 4. The first-order valence-electron chi connectivity index (χ1n) is 4.45. The summed E-state index contributed by atoms with van der Waals surface area (Å²) >= 11 is 0. The number of aromatic nitrogens is 3. The van der Waals surface area contributed by atoms with Crippen molar-refractivity contribution in [2.24, 2.45) is 5.73 Å². The Balaban J connectivity index is 2.39. The molecule has 5 heteroatoms. The summed E-state index contributed by atoms with van der Waals surface area (Å²) in [5.74, 6) is 0.834. The molecule has 0 aliphatic carbocycles. The first-order chi connectivity index (χ1) is 6.22. The summed E-state index contributed by atoms with van der Waals surface area (Å²) in [5, 5.41) is 4.27. The highest BCUT2D eigenvalue weighted by Crippen LogP contribution is 1.90. The Bertz CT molecular complexity index is 242. The fourth-order valence-electron chi connectivity index (χ4n) is 0.987. The average molecular weight is 183 g/mol. The third kappa shape index (κ3) is 3.52. The smallest absolute Gasteiger partial charge is 0.151 e. The molecular formula is C8H17N5. The van der Waals surface area contributed by atoms with Crippen molar-refractivity contribution < 1.29 is 0 Å². The van der Waals surface area contributed by atoms with Gasteiger partial charge in [0.15, 0.2) is 5.82 Å². The van der Waals surface area contributed by atoms with Crippen LogP contribution in [0.15, 0.2) is 6.33 Å². The molecule has 2 N–H and O–H groups in total. The predicted molar refractivity (Wildman–Crippen MR) is 51.3 cm³/mol. The molecule has 0 aliphatic heterocycles. The highest BCUT2D eigenvalue weighted by molar-refractivity contribution is 4.81. The van der Waals surface area contributed by atoms with E-state index < -0.39 is 0 Å². The van der Waals surface area contributed by atoms with Crippen LogP contribution in [-0.2, 0) is 13.0 Å². The monoisotopic (exact) mass is 183 g/mol. The summed E-state index contributed by atoms with van der Waals surface area (Å²) < 4.78 is 1.85. The lowest BCUT2D eigenvalue weighted by Crippen LogP contribution is -2.18. The van der Waals surface area contributed by atoms with E-state index in [9.17, 15) is 0 Å². The largest absolute Gasteiger partial charge is 0.330 e. The van der Waals surface area contributed by atoms with Gasteiger partial charge in [0.1, 0.15) is 6.33 Å². The van der Waals surface area contributed by atoms with E-state index in [2.05, 4.69) is 15.0 Å². The first kappa shape index (κ1) is 10.1. The van der Waals surface area contributed by atoms with Crippen molar-refractivity contribution in [2.45, 2.75) is 13.0 Å². The SMILES string of the molecule is CN(C)CCn1cnc(CCN)n1. The van der Waals surface area contributed by atoms with Gasteiger partial charge in [0.2, 0.25) is 0 Å². The maximum absolute atomic E-state index is 5.39. The number of nitrogens with two attached hydrogens (primary N) is 1. The van der Waals surface area contributed by atoms with Gasteiger partial charge in [-0.1, -0.05) is 0 Å². The van der Waals surface area contributed by atoms with Gasteiger partial charge in [-0.05, 0) is 20.6 Å². The topological polar surface area (TPSA) is 60.0 Å². The maximum atomic E-state index is 5.39. The molecule has 0 aliphatic rings. The van der Waals surface area contributed by atoms with E-state index in [4.69, 9.17) is 5.73 Å². The minimum Gasteiger partial charge on any atom is -0.330 e. The fraction of sp³-hybridized carbons (Fsp3) is 0.750. The van der Waals surface area contributed by atoms with E-state index >= 15 is 0 Å². The maximum Gasteiger partial charge on any atom is 0.151 e. The van der Waals surface area contributed by atoms with Gasteiger partial charge in [-0.15, -0.1) is 0 Å². The standard InChI is InChI=1S/C8H17N5/c1-12(2)5-6-13-7-10-8(11-13)3-4-9/h7H,3-6,9H2,1-2H3. The highest BCUT2D eigenvalue weighted by Gasteiger charge is 1.99. The molecule has 0 saturated heterocycles. The molecule has 0 amide bonds. The summed E-state index contributed by atoms with van der Waals surface area (Å²) in [6, 6.07) is 0. The Morgan fingerprint density at radius 3 is 2.92 bits per heavy atom. The molecule has 74 valence electrons. The molecule has 0 bridgehead atoms. The lowest BCUT2D eigenvalue weighted by atomic mass is 10.4. The zero-order chi connectivity index (χ0) is 9.68. The van der Waals surface area contributed by atoms with Crippen molar-refractivity contribution in [1.29, 1.82) is 0 Å². The highest BCUT2D eigenvalue weighted by atomic mass is 15.3. The molecule has 5 nitrogen and oxygen atoms in total. The van der Waals surface area contributed by atoms with E-state index in [1.165, 1.54) is 0 Å². The number of likely N-dealkylation sites (N-methyl/N-ethyl adjacent to an activating group) is 1. The Morgan fingerprint density at radius 2 is 2.31 bits per heavy atom. The molecule has 0 unspecified atom stereocenters. The predicted octanol–water partition coefficient (Wildman–Crippen LogP) is -0.659. The van der Waals surface area contributed by atoms with Crippen LogP contribution in [0.25, 0.3) is 0 Å². The van der Waals surface area contributed by atoms with Crippen LogP contribution in [0.5, 0.6) is 0 Å². The molecular weight excluding hydrogens is 166 g/mol. The Hall–Kier alpha value is -0.940. The molecule has 0 radical (unpaired) electrons. The fourth-order valence-corrected chi connectivity index (χ4v) is 0.987. The zero-order valence-electron chi connectivity index (χ0n) is 8.27. The lowest BCUT2D eigenvalue weighted by molar-refractivity contribution is 0.372. The van der Waals surface area contributed by atoms with Crippen molar-refractivity contribution in [3.8, 4) is 0 Å². The van der Waals surface area contributed by atoms with Crippen molar-refractivity contribution >= 4 is 0 Å². The Labute approximate surface area is 78.5 Å². The molecule has 1 aromatic heterocycles. The molecule has 0 atom stereocenters. The van der Waals surface area contributed by atoms with E-state index in [0.717, 1.165) is 25.3 Å². The Morgan fingerprint density at radius 1 is 1.54 bits per heavy atom. The van der Waals surface area contributed by atoms with Gasteiger partial charge in [-0.25, -0.2) is 4.98 Å². The first-order valence-corrected chi connectivity index (χ1v) is 4.45. The second kappa shape index (κ2) is 4.94. The van der Waals surface area contributed by atoms with Gasteiger partial charge >= 0.3 is 0 Å². The van der Waals surface area contributed by atoms with Crippen LogP contribution in [0.4, 0.5) is 0 Å². The Kier molecular flexibility index (Phi) is 3.85. The summed E-state index contributed by atoms with van der Waals surface area (Å²) in [5.41, 5.74) is 5.39. The van der Waals surface area contributed by atoms with Gasteiger partial charge < -0.3 is 10.6 Å². The van der Waals surface area contributed by atoms with Gasteiger partial charge in [0.05, 0.1) is 6.54 Å². The van der Waals surface area contributed by atoms with Crippen LogP contribution >= 0.6 is 0 Å². The number of rotatable bonds is 5. The second-order valence-electron chi connectivity index (χ2n) is 3.27. The van der Waals surface area contributed by atoms with Crippen LogP contribution in [0.2, 0.25) is 0 Å². The molecule has 0 fully saturated rings. The molecule has 13 heavy (non-hydrogen) atoms. The van der Waals surface area contributed by atoms with Crippen LogP contribution in [0, 0.1) is 0 Å². The second-order valence-corrected chi connectivity index (χ2v) is 3.27. The molecule has 0 aromatic carbocycles. The van der Waals surface area contributed by atoms with Crippen molar-refractivity contribution in [3.05, 3.63) is 12.2 Å². The quantitative estimate of drug-likeness (QED) is 0.658. The third-order valence-electron chi connectivity index (χ3n) is 1.73. The van der Waals surface area contributed by atoms with Crippen LogP contribution < -0.4 is 5.73 Å². The van der Waals surface area contributed by atoms with E-state index in [-0.39, 0.29) is 0 Å². The lowest BCUT2D eigenvalue weighted by Gasteiger charge is -2.07. The van der Waals surface area contributed by atoms with E-state index in [1.807, 2.05) is 18.8 Å². The van der Waals surface area contributed by atoms with Gasteiger partial charge in [-0.2, -0.15) is 5.10 Å². The van der Waals surface area contributed by atoms with Crippen molar-refractivity contribution in [3.63, 3.8) is 0 Å². The van der Waals surface area contributed by atoms with Crippen LogP contribution in [0.3, 0.4) is 0 Å². The van der Waals surface area contributed by atoms with Crippen molar-refractivity contribution in [1.82, 2.24) is 19.7 Å². The van der Waals surface area contributed by atoms with Gasteiger partial charge in [-0.3, -0.25) is 4.68 Å². The van der Waals surface area contributed by atoms with Crippen molar-refractivity contribution in [2.75, 3.05) is 27.2 Å². The van der Waals surface area contributed by atoms with E-state index in [1.54, 1.807) is 6.33 Å². The third-order valence-corrected chi connectivity index (χ3v) is 1.73. The molecule has 1 heterocycles.